The Hall–Kier alpha value is -1.59. The fraction of sp³-hybridized carbons (Fsp3) is 0.529. The van der Waals surface area contributed by atoms with Crippen molar-refractivity contribution in [2.75, 3.05) is 6.54 Å². The first-order valence-electron chi connectivity index (χ1n) is 7.85. The molecule has 0 aromatic heterocycles. The van der Waals surface area contributed by atoms with E-state index in [4.69, 9.17) is 5.73 Å². The second-order valence-electron chi connectivity index (χ2n) is 6.12. The summed E-state index contributed by atoms with van der Waals surface area (Å²) in [6, 6.07) is 7.76. The van der Waals surface area contributed by atoms with Gasteiger partial charge in [-0.2, -0.15) is 0 Å². The molecule has 1 aliphatic heterocycles. The number of carbonyl (C=O) groups excluding carboxylic acids is 2. The normalized spacial score (nSPS) is 18.5. The zero-order valence-corrected chi connectivity index (χ0v) is 14.6. The maximum atomic E-state index is 12.3. The van der Waals surface area contributed by atoms with Gasteiger partial charge in [0.2, 0.25) is 11.8 Å². The molecule has 3 N–H and O–H groups in total. The van der Waals surface area contributed by atoms with Crippen molar-refractivity contribution in [2.45, 2.75) is 51.7 Å². The zero-order valence-electron chi connectivity index (χ0n) is 13.7. The highest BCUT2D eigenvalue weighted by molar-refractivity contribution is 5.90. The van der Waals surface area contributed by atoms with E-state index in [-0.39, 0.29) is 36.3 Å². The molecular formula is C17H26ClN3O2. The van der Waals surface area contributed by atoms with Crippen LogP contribution >= 0.6 is 12.4 Å². The maximum Gasteiger partial charge on any atom is 0.242 e. The molecule has 0 spiro atoms. The lowest BCUT2D eigenvalue weighted by Gasteiger charge is -2.24. The largest absolute Gasteiger partial charge is 0.354 e. The van der Waals surface area contributed by atoms with Gasteiger partial charge in [0.25, 0.3) is 0 Å². The smallest absolute Gasteiger partial charge is 0.242 e. The number of rotatable bonds is 6. The molecule has 2 atom stereocenters. The summed E-state index contributed by atoms with van der Waals surface area (Å²) in [6.45, 7) is 4.98. The molecule has 1 saturated heterocycles. The van der Waals surface area contributed by atoms with Gasteiger partial charge in [0.1, 0.15) is 6.04 Å². The van der Waals surface area contributed by atoms with Crippen LogP contribution in [0.3, 0.4) is 0 Å². The fourth-order valence-corrected chi connectivity index (χ4v) is 2.64. The third-order valence-corrected chi connectivity index (χ3v) is 4.00. The van der Waals surface area contributed by atoms with Crippen molar-refractivity contribution in [1.82, 2.24) is 10.2 Å². The Morgan fingerprint density at radius 3 is 2.65 bits per heavy atom. The molecular weight excluding hydrogens is 314 g/mol. The van der Waals surface area contributed by atoms with Crippen molar-refractivity contribution in [3.63, 3.8) is 0 Å². The number of benzene rings is 1. The van der Waals surface area contributed by atoms with Crippen LogP contribution in [-0.4, -0.2) is 35.3 Å². The number of nitrogens with two attached hydrogens (primary N) is 1. The topological polar surface area (TPSA) is 75.4 Å². The molecule has 2 unspecified atom stereocenters. The van der Waals surface area contributed by atoms with E-state index in [0.717, 1.165) is 12.0 Å². The molecule has 5 nitrogen and oxygen atoms in total. The molecule has 6 heteroatoms. The first-order valence-corrected chi connectivity index (χ1v) is 7.85. The molecule has 1 heterocycles. The molecule has 0 bridgehead atoms. The average Bonchev–Trinajstić information content (AvgIpc) is 2.82. The van der Waals surface area contributed by atoms with Crippen LogP contribution in [0.25, 0.3) is 0 Å². The molecule has 1 fully saturated rings. The van der Waals surface area contributed by atoms with Gasteiger partial charge in [-0.15, -0.1) is 12.4 Å². The lowest BCUT2D eigenvalue weighted by molar-refractivity contribution is -0.135. The van der Waals surface area contributed by atoms with Crippen LogP contribution in [0, 0.1) is 6.92 Å². The van der Waals surface area contributed by atoms with Crippen molar-refractivity contribution >= 4 is 24.2 Å². The summed E-state index contributed by atoms with van der Waals surface area (Å²) in [5.74, 6) is -0.0217. The van der Waals surface area contributed by atoms with Crippen LogP contribution in [0.5, 0.6) is 0 Å². The summed E-state index contributed by atoms with van der Waals surface area (Å²) in [7, 11) is 0. The number of hydrogen-bond acceptors (Lipinski definition) is 3. The van der Waals surface area contributed by atoms with Gasteiger partial charge >= 0.3 is 0 Å². The minimum atomic E-state index is -0.359. The molecule has 1 aromatic rings. The lowest BCUT2D eigenvalue weighted by Crippen LogP contribution is -2.45. The van der Waals surface area contributed by atoms with E-state index in [1.807, 2.05) is 38.1 Å². The molecule has 128 valence electrons. The Balaban J connectivity index is 0.00000264. The van der Waals surface area contributed by atoms with E-state index >= 15 is 0 Å². The van der Waals surface area contributed by atoms with E-state index in [2.05, 4.69) is 5.32 Å². The summed E-state index contributed by atoms with van der Waals surface area (Å²) in [6.07, 6.45) is 1.77. The number of nitrogens with one attached hydrogen (secondary N) is 1. The molecule has 0 radical (unpaired) electrons. The highest BCUT2D eigenvalue weighted by atomic mass is 35.5. The number of aryl methyl sites for hydroxylation is 1. The maximum absolute atomic E-state index is 12.3. The highest BCUT2D eigenvalue weighted by Gasteiger charge is 2.35. The van der Waals surface area contributed by atoms with Gasteiger partial charge < -0.3 is 16.0 Å². The van der Waals surface area contributed by atoms with Crippen molar-refractivity contribution < 1.29 is 9.59 Å². The Kier molecular flexibility index (Phi) is 7.52. The van der Waals surface area contributed by atoms with E-state index in [9.17, 15) is 9.59 Å². The Bertz CT molecular complexity index is 531. The quantitative estimate of drug-likeness (QED) is 0.829. The number of hydrogen-bond donors (Lipinski definition) is 2. The summed E-state index contributed by atoms with van der Waals surface area (Å²) in [5, 5.41) is 2.89. The Labute approximate surface area is 144 Å². The molecule has 2 rings (SSSR count). The molecule has 23 heavy (non-hydrogen) atoms. The first kappa shape index (κ1) is 19.5. The van der Waals surface area contributed by atoms with Crippen LogP contribution in [-0.2, 0) is 16.1 Å². The standard InChI is InChI=1S/C17H25N3O2.ClH/c1-12-3-5-14(6-4-12)11-20-15(7-8-16(20)21)17(22)19-10-9-13(2)18;/h3-6,13,15H,7-11,18H2,1-2H3,(H,19,22);1H. The van der Waals surface area contributed by atoms with Gasteiger partial charge in [0, 0.05) is 25.6 Å². The SMILES string of the molecule is Cc1ccc(CN2C(=O)CCC2C(=O)NCCC(C)N)cc1.Cl. The summed E-state index contributed by atoms with van der Waals surface area (Å²) in [5.41, 5.74) is 7.91. The average molecular weight is 340 g/mol. The van der Waals surface area contributed by atoms with Crippen LogP contribution in [0.4, 0.5) is 0 Å². The summed E-state index contributed by atoms with van der Waals surface area (Å²) >= 11 is 0. The van der Waals surface area contributed by atoms with Crippen LogP contribution in [0.15, 0.2) is 24.3 Å². The summed E-state index contributed by atoms with van der Waals surface area (Å²) in [4.78, 5) is 26.0. The number of amides is 2. The molecule has 0 saturated carbocycles. The van der Waals surface area contributed by atoms with Gasteiger partial charge in [-0.1, -0.05) is 29.8 Å². The van der Waals surface area contributed by atoms with Crippen LogP contribution in [0.1, 0.15) is 37.3 Å². The van der Waals surface area contributed by atoms with Crippen molar-refractivity contribution in [3.05, 3.63) is 35.4 Å². The third kappa shape index (κ3) is 5.52. The molecule has 1 aromatic carbocycles. The fourth-order valence-electron chi connectivity index (χ4n) is 2.64. The van der Waals surface area contributed by atoms with Gasteiger partial charge in [-0.05, 0) is 32.3 Å². The monoisotopic (exact) mass is 339 g/mol. The second-order valence-corrected chi connectivity index (χ2v) is 6.12. The minimum Gasteiger partial charge on any atom is -0.354 e. The number of halogens is 1. The van der Waals surface area contributed by atoms with Gasteiger partial charge in [-0.3, -0.25) is 9.59 Å². The van der Waals surface area contributed by atoms with Gasteiger partial charge in [-0.25, -0.2) is 0 Å². The van der Waals surface area contributed by atoms with E-state index < -0.39 is 0 Å². The van der Waals surface area contributed by atoms with Crippen LogP contribution < -0.4 is 11.1 Å². The Morgan fingerprint density at radius 1 is 1.39 bits per heavy atom. The van der Waals surface area contributed by atoms with Crippen molar-refractivity contribution in [1.29, 1.82) is 0 Å². The molecule has 1 aliphatic rings. The van der Waals surface area contributed by atoms with E-state index in [1.165, 1.54) is 5.56 Å². The molecule has 2 amide bonds. The molecule has 0 aliphatic carbocycles. The van der Waals surface area contributed by atoms with Crippen LogP contribution in [0.2, 0.25) is 0 Å². The number of nitrogens with zero attached hydrogens (tertiary/aromatic N) is 1. The third-order valence-electron chi connectivity index (χ3n) is 4.00. The lowest BCUT2D eigenvalue weighted by atomic mass is 10.1. The number of carbonyl (C=O) groups is 2. The number of likely N-dealkylation sites (tertiary alicyclic amines) is 1. The minimum absolute atomic E-state index is 0. The summed E-state index contributed by atoms with van der Waals surface area (Å²) < 4.78 is 0. The zero-order chi connectivity index (χ0) is 16.1. The Morgan fingerprint density at radius 2 is 2.04 bits per heavy atom. The highest BCUT2D eigenvalue weighted by Crippen LogP contribution is 2.22. The van der Waals surface area contributed by atoms with Gasteiger partial charge in [0.05, 0.1) is 0 Å². The first-order chi connectivity index (χ1) is 10.5. The second kappa shape index (κ2) is 8.89. The van der Waals surface area contributed by atoms with Gasteiger partial charge in [0.15, 0.2) is 0 Å². The predicted octanol–water partition coefficient (Wildman–Crippen LogP) is 1.76. The van der Waals surface area contributed by atoms with Crippen molar-refractivity contribution in [2.24, 2.45) is 5.73 Å². The van der Waals surface area contributed by atoms with E-state index in [1.54, 1.807) is 4.90 Å². The van der Waals surface area contributed by atoms with E-state index in [0.29, 0.717) is 25.9 Å². The predicted molar refractivity (Wildman–Crippen MR) is 93.3 cm³/mol. The van der Waals surface area contributed by atoms with Crippen molar-refractivity contribution in [3.8, 4) is 0 Å².